The van der Waals surface area contributed by atoms with E-state index in [0.29, 0.717) is 31.7 Å². The molecule has 1 fully saturated rings. The topological polar surface area (TPSA) is 71.5 Å². The zero-order valence-electron chi connectivity index (χ0n) is 16.9. The van der Waals surface area contributed by atoms with Gasteiger partial charge in [-0.3, -0.25) is 14.6 Å². The monoisotopic (exact) mass is 411 g/mol. The summed E-state index contributed by atoms with van der Waals surface area (Å²) in [7, 11) is 0. The van der Waals surface area contributed by atoms with E-state index in [1.165, 1.54) is 0 Å². The number of likely N-dealkylation sites (tertiary alicyclic amines) is 1. The lowest BCUT2D eigenvalue weighted by Crippen LogP contribution is -2.42. The standard InChI is InChI=1S/C25H21N3O3/c29-23(18-7-3-5-17-14-31-15-19(17)18)28-12-10-25(22(28)16-6-4-11-26-13-16)20-8-1-2-9-21(20)27-24(25)30/h1-9,11,13,22H,10,12,14-15H2,(H,27,30). The number of nitrogens with zero attached hydrogens (tertiary/aromatic N) is 2. The van der Waals surface area contributed by atoms with Gasteiger partial charge in [0.05, 0.1) is 19.3 Å². The Morgan fingerprint density at radius 1 is 1.10 bits per heavy atom. The Bertz CT molecular complexity index is 1210. The van der Waals surface area contributed by atoms with Crippen LogP contribution in [0.3, 0.4) is 0 Å². The summed E-state index contributed by atoms with van der Waals surface area (Å²) >= 11 is 0. The van der Waals surface area contributed by atoms with Crippen LogP contribution in [0.2, 0.25) is 0 Å². The number of aromatic nitrogens is 1. The first-order chi connectivity index (χ1) is 15.2. The van der Waals surface area contributed by atoms with Gasteiger partial charge in [-0.25, -0.2) is 0 Å². The van der Waals surface area contributed by atoms with E-state index >= 15 is 0 Å². The fourth-order valence-electron chi connectivity index (χ4n) is 5.47. The van der Waals surface area contributed by atoms with Gasteiger partial charge in [0, 0.05) is 30.2 Å². The summed E-state index contributed by atoms with van der Waals surface area (Å²) in [6.07, 6.45) is 4.04. The maximum absolute atomic E-state index is 13.9. The van der Waals surface area contributed by atoms with Gasteiger partial charge in [0.2, 0.25) is 5.91 Å². The molecule has 6 rings (SSSR count). The van der Waals surface area contributed by atoms with Crippen molar-refractivity contribution in [3.8, 4) is 0 Å². The van der Waals surface area contributed by atoms with Crippen LogP contribution >= 0.6 is 0 Å². The molecule has 4 heterocycles. The average molecular weight is 411 g/mol. The number of hydrogen-bond acceptors (Lipinski definition) is 4. The Kier molecular flexibility index (Phi) is 3.98. The molecule has 1 saturated heterocycles. The van der Waals surface area contributed by atoms with Gasteiger partial charge in [-0.05, 0) is 46.9 Å². The van der Waals surface area contributed by atoms with Gasteiger partial charge in [0.25, 0.3) is 5.91 Å². The van der Waals surface area contributed by atoms with Gasteiger partial charge >= 0.3 is 0 Å². The molecule has 0 bridgehead atoms. The van der Waals surface area contributed by atoms with Crippen molar-refractivity contribution in [2.75, 3.05) is 11.9 Å². The smallest absolute Gasteiger partial charge is 0.254 e. The van der Waals surface area contributed by atoms with E-state index in [1.807, 2.05) is 59.5 Å². The fourth-order valence-corrected chi connectivity index (χ4v) is 5.47. The molecule has 154 valence electrons. The second-order valence-corrected chi connectivity index (χ2v) is 8.34. The molecule has 2 aromatic carbocycles. The number of carbonyl (C=O) groups is 2. The Morgan fingerprint density at radius 2 is 2.00 bits per heavy atom. The first-order valence-corrected chi connectivity index (χ1v) is 10.5. The summed E-state index contributed by atoms with van der Waals surface area (Å²) in [4.78, 5) is 33.5. The molecule has 1 spiro atoms. The normalized spacial score (nSPS) is 23.7. The average Bonchev–Trinajstić information content (AvgIpc) is 3.51. The molecule has 2 atom stereocenters. The molecule has 1 N–H and O–H groups in total. The van der Waals surface area contributed by atoms with Crippen LogP contribution in [-0.2, 0) is 28.2 Å². The van der Waals surface area contributed by atoms with Gasteiger partial charge in [-0.2, -0.15) is 0 Å². The molecule has 31 heavy (non-hydrogen) atoms. The van der Waals surface area contributed by atoms with Crippen molar-refractivity contribution < 1.29 is 14.3 Å². The minimum absolute atomic E-state index is 0.0560. The Balaban J connectivity index is 1.51. The van der Waals surface area contributed by atoms with Gasteiger partial charge in [-0.1, -0.05) is 36.4 Å². The van der Waals surface area contributed by atoms with Crippen molar-refractivity contribution in [3.63, 3.8) is 0 Å². The minimum Gasteiger partial charge on any atom is -0.372 e. The van der Waals surface area contributed by atoms with E-state index in [4.69, 9.17) is 4.74 Å². The molecule has 6 nitrogen and oxygen atoms in total. The predicted molar refractivity (Wildman–Crippen MR) is 114 cm³/mol. The van der Waals surface area contributed by atoms with Crippen LogP contribution in [0.4, 0.5) is 5.69 Å². The SMILES string of the molecule is O=C(c1cccc2c1COC2)N1CCC2(C(=O)Nc3ccccc32)C1c1cccnc1. The number of carbonyl (C=O) groups excluding carboxylic acids is 2. The fraction of sp³-hybridized carbons (Fsp3) is 0.240. The summed E-state index contributed by atoms with van der Waals surface area (Å²) in [6, 6.07) is 16.9. The molecule has 0 saturated carbocycles. The van der Waals surface area contributed by atoms with E-state index in [2.05, 4.69) is 10.3 Å². The van der Waals surface area contributed by atoms with Crippen molar-refractivity contribution in [2.45, 2.75) is 31.1 Å². The molecule has 1 aromatic heterocycles. The molecule has 2 unspecified atom stereocenters. The second-order valence-electron chi connectivity index (χ2n) is 8.34. The summed E-state index contributed by atoms with van der Waals surface area (Å²) in [5, 5.41) is 3.05. The highest BCUT2D eigenvalue weighted by molar-refractivity contribution is 6.08. The first kappa shape index (κ1) is 18.3. The first-order valence-electron chi connectivity index (χ1n) is 10.5. The summed E-state index contributed by atoms with van der Waals surface area (Å²) < 4.78 is 5.59. The van der Waals surface area contributed by atoms with Gasteiger partial charge in [0.15, 0.2) is 0 Å². The molecule has 2 amide bonds. The maximum Gasteiger partial charge on any atom is 0.254 e. The van der Waals surface area contributed by atoms with Crippen LogP contribution in [-0.4, -0.2) is 28.2 Å². The number of pyridine rings is 1. The number of rotatable bonds is 2. The molecule has 3 aromatic rings. The molecule has 3 aliphatic heterocycles. The zero-order valence-corrected chi connectivity index (χ0v) is 16.9. The highest BCUT2D eigenvalue weighted by Crippen LogP contribution is 2.55. The minimum atomic E-state index is -0.830. The van der Waals surface area contributed by atoms with Crippen molar-refractivity contribution >= 4 is 17.5 Å². The number of anilines is 1. The third-order valence-corrected chi connectivity index (χ3v) is 6.85. The largest absolute Gasteiger partial charge is 0.372 e. The van der Waals surface area contributed by atoms with Crippen LogP contribution in [0.15, 0.2) is 67.0 Å². The van der Waals surface area contributed by atoms with E-state index in [1.54, 1.807) is 12.4 Å². The van der Waals surface area contributed by atoms with E-state index in [9.17, 15) is 9.59 Å². The molecule has 6 heteroatoms. The lowest BCUT2D eigenvalue weighted by atomic mass is 9.73. The number of amides is 2. The van der Waals surface area contributed by atoms with Crippen molar-refractivity contribution in [2.24, 2.45) is 0 Å². The molecule has 0 aliphatic carbocycles. The maximum atomic E-state index is 13.9. The van der Waals surface area contributed by atoms with Crippen molar-refractivity contribution in [1.29, 1.82) is 0 Å². The van der Waals surface area contributed by atoms with Crippen LogP contribution < -0.4 is 5.32 Å². The zero-order chi connectivity index (χ0) is 21.0. The summed E-state index contributed by atoms with van der Waals surface area (Å²) in [5.74, 6) is -0.121. The van der Waals surface area contributed by atoms with Crippen molar-refractivity contribution in [1.82, 2.24) is 9.88 Å². The van der Waals surface area contributed by atoms with Crippen molar-refractivity contribution in [3.05, 3.63) is 94.8 Å². The Hall–Kier alpha value is -3.51. The lowest BCUT2D eigenvalue weighted by Gasteiger charge is -2.34. The van der Waals surface area contributed by atoms with Crippen LogP contribution in [0.25, 0.3) is 0 Å². The molecular formula is C25H21N3O3. The summed E-state index contributed by atoms with van der Waals surface area (Å²) in [5.41, 5.74) is 4.48. The number of benzene rings is 2. The Morgan fingerprint density at radius 3 is 2.87 bits per heavy atom. The third kappa shape index (κ3) is 2.51. The number of fused-ring (bicyclic) bond motifs is 3. The molecule has 0 radical (unpaired) electrons. The lowest BCUT2D eigenvalue weighted by molar-refractivity contribution is -0.121. The number of ether oxygens (including phenoxy) is 1. The third-order valence-electron chi connectivity index (χ3n) is 6.85. The second kappa shape index (κ2) is 6.75. The quantitative estimate of drug-likeness (QED) is 0.700. The van der Waals surface area contributed by atoms with E-state index in [0.717, 1.165) is 27.9 Å². The van der Waals surface area contributed by atoms with Crippen LogP contribution in [0.1, 0.15) is 45.1 Å². The number of nitrogens with one attached hydrogen (secondary N) is 1. The Labute approximate surface area is 179 Å². The number of para-hydroxylation sites is 1. The predicted octanol–water partition coefficient (Wildman–Crippen LogP) is 3.59. The highest BCUT2D eigenvalue weighted by Gasteiger charge is 2.59. The van der Waals surface area contributed by atoms with Gasteiger partial charge in [0.1, 0.15) is 5.41 Å². The van der Waals surface area contributed by atoms with E-state index < -0.39 is 11.5 Å². The summed E-state index contributed by atoms with van der Waals surface area (Å²) in [6.45, 7) is 1.46. The van der Waals surface area contributed by atoms with Crippen LogP contribution in [0, 0.1) is 0 Å². The van der Waals surface area contributed by atoms with E-state index in [-0.39, 0.29) is 11.8 Å². The van der Waals surface area contributed by atoms with Crippen LogP contribution in [0.5, 0.6) is 0 Å². The van der Waals surface area contributed by atoms with Gasteiger partial charge in [-0.15, -0.1) is 0 Å². The molecule has 3 aliphatic rings. The molecular weight excluding hydrogens is 390 g/mol. The van der Waals surface area contributed by atoms with Gasteiger partial charge < -0.3 is 15.0 Å². The highest BCUT2D eigenvalue weighted by atomic mass is 16.5. The number of hydrogen-bond donors (Lipinski definition) is 1.